The summed E-state index contributed by atoms with van der Waals surface area (Å²) in [6, 6.07) is 18.3. The Kier molecular flexibility index (Phi) is 8.65. The molecule has 0 saturated carbocycles. The Morgan fingerprint density at radius 2 is 1.64 bits per heavy atom. The van der Waals surface area contributed by atoms with Crippen LogP contribution in [0.2, 0.25) is 5.02 Å². The van der Waals surface area contributed by atoms with Gasteiger partial charge in [0.25, 0.3) is 0 Å². The molecule has 1 atom stereocenters. The van der Waals surface area contributed by atoms with Gasteiger partial charge in [-0.1, -0.05) is 54.1 Å². The van der Waals surface area contributed by atoms with Crippen molar-refractivity contribution in [3.63, 3.8) is 0 Å². The fraction of sp³-hybridized carbons (Fsp3) is 0.519. The number of para-hydroxylation sites is 1. The number of benzene rings is 2. The normalized spacial score (nSPS) is 19.4. The number of hydrogen-bond acceptors (Lipinski definition) is 4. The lowest BCUT2D eigenvalue weighted by atomic mass is 9.90. The molecule has 0 N–H and O–H groups in total. The molecule has 2 saturated heterocycles. The third-order valence-corrected chi connectivity index (χ3v) is 7.42. The molecule has 2 aliphatic heterocycles. The molecule has 0 bridgehead atoms. The van der Waals surface area contributed by atoms with Crippen LogP contribution in [0.3, 0.4) is 0 Å². The monoisotopic (exact) mass is 469 g/mol. The maximum absolute atomic E-state index is 13.1. The fourth-order valence-corrected chi connectivity index (χ4v) is 5.14. The van der Waals surface area contributed by atoms with E-state index in [2.05, 4.69) is 52.0 Å². The van der Waals surface area contributed by atoms with Crippen molar-refractivity contribution in [3.05, 3.63) is 65.2 Å². The molecule has 4 rings (SSSR count). The molecular weight excluding hydrogens is 434 g/mol. The summed E-state index contributed by atoms with van der Waals surface area (Å²) >= 11 is 6.16. The molecule has 2 aromatic rings. The van der Waals surface area contributed by atoms with Gasteiger partial charge >= 0.3 is 0 Å². The minimum absolute atomic E-state index is 0.0443. The number of nitrogens with zero attached hydrogens (tertiary/aromatic N) is 3. The number of rotatable bonds is 8. The van der Waals surface area contributed by atoms with Crippen LogP contribution in [0.25, 0.3) is 0 Å². The highest BCUT2D eigenvalue weighted by Gasteiger charge is 2.31. The van der Waals surface area contributed by atoms with Crippen molar-refractivity contribution in [2.24, 2.45) is 5.92 Å². The van der Waals surface area contributed by atoms with Gasteiger partial charge in [-0.25, -0.2) is 0 Å². The van der Waals surface area contributed by atoms with Crippen LogP contribution in [0.1, 0.15) is 25.3 Å². The average molecular weight is 470 g/mol. The lowest BCUT2D eigenvalue weighted by Crippen LogP contribution is -2.55. The van der Waals surface area contributed by atoms with Gasteiger partial charge < -0.3 is 9.64 Å². The van der Waals surface area contributed by atoms with Crippen molar-refractivity contribution in [3.8, 4) is 5.75 Å². The van der Waals surface area contributed by atoms with Crippen molar-refractivity contribution < 1.29 is 9.53 Å². The first-order chi connectivity index (χ1) is 16.1. The summed E-state index contributed by atoms with van der Waals surface area (Å²) in [6.45, 7) is 9.11. The van der Waals surface area contributed by atoms with Crippen molar-refractivity contribution in [1.82, 2.24) is 14.7 Å². The number of halogens is 1. The van der Waals surface area contributed by atoms with Gasteiger partial charge in [-0.2, -0.15) is 0 Å². The zero-order chi connectivity index (χ0) is 23.0. The first-order valence-corrected chi connectivity index (χ1v) is 12.6. The number of hydrogen-bond donors (Lipinski definition) is 0. The van der Waals surface area contributed by atoms with Crippen LogP contribution in [0.15, 0.2) is 54.6 Å². The average Bonchev–Trinajstić information content (AvgIpc) is 2.86. The van der Waals surface area contributed by atoms with Crippen molar-refractivity contribution in [2.75, 3.05) is 52.4 Å². The van der Waals surface area contributed by atoms with Crippen LogP contribution in [-0.2, 0) is 11.2 Å². The quantitative estimate of drug-likeness (QED) is 0.580. The number of likely N-dealkylation sites (tertiary alicyclic amines) is 1. The first kappa shape index (κ1) is 24.1. The van der Waals surface area contributed by atoms with Crippen LogP contribution in [0, 0.1) is 5.92 Å². The van der Waals surface area contributed by atoms with Crippen LogP contribution in [-0.4, -0.2) is 79.1 Å². The van der Waals surface area contributed by atoms with E-state index in [4.69, 9.17) is 16.3 Å². The number of amides is 1. The zero-order valence-electron chi connectivity index (χ0n) is 19.7. The second-order valence-electron chi connectivity index (χ2n) is 9.29. The SMILES string of the molecule is CC(C(=O)N1CCC(Cc2ccccc2)CC1)N1CCN(CCOc2ccccc2Cl)CC1. The molecule has 6 heteroatoms. The molecule has 0 spiro atoms. The van der Waals surface area contributed by atoms with Crippen molar-refractivity contribution in [2.45, 2.75) is 32.2 Å². The highest BCUT2D eigenvalue weighted by Crippen LogP contribution is 2.24. The number of carbonyl (C=O) groups is 1. The molecule has 2 aromatic carbocycles. The maximum atomic E-state index is 13.1. The Bertz CT molecular complexity index is 878. The van der Waals surface area contributed by atoms with E-state index in [0.29, 0.717) is 23.5 Å². The van der Waals surface area contributed by atoms with Crippen LogP contribution < -0.4 is 4.74 Å². The van der Waals surface area contributed by atoms with Gasteiger partial charge in [0.2, 0.25) is 5.91 Å². The Morgan fingerprint density at radius 3 is 2.33 bits per heavy atom. The molecule has 2 heterocycles. The Morgan fingerprint density at radius 1 is 0.970 bits per heavy atom. The van der Waals surface area contributed by atoms with Crippen LogP contribution >= 0.6 is 11.6 Å². The van der Waals surface area contributed by atoms with Gasteiger partial charge in [-0.15, -0.1) is 0 Å². The van der Waals surface area contributed by atoms with Crippen LogP contribution in [0.5, 0.6) is 5.75 Å². The van der Waals surface area contributed by atoms with E-state index in [9.17, 15) is 4.79 Å². The highest BCUT2D eigenvalue weighted by molar-refractivity contribution is 6.32. The summed E-state index contributed by atoms with van der Waals surface area (Å²) in [6.07, 6.45) is 3.33. The van der Waals surface area contributed by atoms with E-state index in [1.54, 1.807) is 0 Å². The Hall–Kier alpha value is -2.08. The van der Waals surface area contributed by atoms with Gasteiger partial charge in [0.1, 0.15) is 12.4 Å². The molecule has 1 amide bonds. The summed E-state index contributed by atoms with van der Waals surface area (Å²) in [5.41, 5.74) is 1.41. The van der Waals surface area contributed by atoms with Gasteiger partial charge in [-0.3, -0.25) is 14.6 Å². The number of piperazine rings is 1. The molecule has 0 aromatic heterocycles. The largest absolute Gasteiger partial charge is 0.491 e. The van der Waals surface area contributed by atoms with Gasteiger partial charge in [0, 0.05) is 45.8 Å². The topological polar surface area (TPSA) is 36.0 Å². The van der Waals surface area contributed by atoms with E-state index in [0.717, 1.165) is 70.8 Å². The fourth-order valence-electron chi connectivity index (χ4n) is 4.95. The second kappa shape index (κ2) is 11.9. The molecule has 1 unspecified atom stereocenters. The molecule has 33 heavy (non-hydrogen) atoms. The summed E-state index contributed by atoms with van der Waals surface area (Å²) in [4.78, 5) is 20.0. The molecule has 2 aliphatic rings. The summed E-state index contributed by atoms with van der Waals surface area (Å²) in [7, 11) is 0. The predicted octanol–water partition coefficient (Wildman–Crippen LogP) is 4.21. The van der Waals surface area contributed by atoms with E-state index in [-0.39, 0.29) is 6.04 Å². The zero-order valence-corrected chi connectivity index (χ0v) is 20.4. The van der Waals surface area contributed by atoms with Gasteiger partial charge in [0.05, 0.1) is 11.1 Å². The molecular formula is C27H36ClN3O2. The van der Waals surface area contributed by atoms with E-state index >= 15 is 0 Å². The lowest BCUT2D eigenvalue weighted by Gasteiger charge is -2.40. The highest BCUT2D eigenvalue weighted by atomic mass is 35.5. The predicted molar refractivity (Wildman–Crippen MR) is 134 cm³/mol. The van der Waals surface area contributed by atoms with Gasteiger partial charge in [-0.05, 0) is 49.8 Å². The smallest absolute Gasteiger partial charge is 0.239 e. The number of piperidine rings is 1. The maximum Gasteiger partial charge on any atom is 0.239 e. The summed E-state index contributed by atoms with van der Waals surface area (Å²) in [5.74, 6) is 1.72. The summed E-state index contributed by atoms with van der Waals surface area (Å²) in [5, 5.41) is 0.652. The van der Waals surface area contributed by atoms with Crippen molar-refractivity contribution in [1.29, 1.82) is 0 Å². The van der Waals surface area contributed by atoms with Crippen LogP contribution in [0.4, 0.5) is 0 Å². The Labute approximate surface area is 203 Å². The van der Waals surface area contributed by atoms with E-state index in [1.165, 1.54) is 5.56 Å². The molecule has 2 fully saturated rings. The first-order valence-electron chi connectivity index (χ1n) is 12.3. The number of ether oxygens (including phenoxy) is 1. The van der Waals surface area contributed by atoms with Crippen molar-refractivity contribution >= 4 is 17.5 Å². The van der Waals surface area contributed by atoms with Gasteiger partial charge in [0.15, 0.2) is 0 Å². The van der Waals surface area contributed by atoms with E-state index < -0.39 is 0 Å². The third kappa shape index (κ3) is 6.72. The minimum Gasteiger partial charge on any atom is -0.491 e. The Balaban J connectivity index is 1.15. The molecule has 0 aliphatic carbocycles. The standard InChI is InChI=1S/C27H36ClN3O2/c1-22(27(32)31-13-11-24(12-14-31)21-23-7-3-2-4-8-23)30-17-15-29(16-18-30)19-20-33-26-10-6-5-9-25(26)28/h2-10,22,24H,11-21H2,1H3. The number of carbonyl (C=O) groups excluding carboxylic acids is 1. The molecule has 5 nitrogen and oxygen atoms in total. The van der Waals surface area contributed by atoms with E-state index in [1.807, 2.05) is 24.3 Å². The molecule has 0 radical (unpaired) electrons. The third-order valence-electron chi connectivity index (χ3n) is 7.11. The summed E-state index contributed by atoms with van der Waals surface area (Å²) < 4.78 is 5.83. The molecule has 178 valence electrons. The lowest BCUT2D eigenvalue weighted by molar-refractivity contribution is -0.138. The second-order valence-corrected chi connectivity index (χ2v) is 9.70. The minimum atomic E-state index is -0.0443.